The Bertz CT molecular complexity index is 388. The standard InChI is InChI=1S/C17H29N3/c1-4-17(9-10-18-3)20-12-11-19(14-20)13-16-7-5-15(2)6-8-16/h5-8,17-18H,4,9-14H2,1-3H3. The van der Waals surface area contributed by atoms with Crippen molar-refractivity contribution < 1.29 is 0 Å². The van der Waals surface area contributed by atoms with Crippen LogP contribution in [0.5, 0.6) is 0 Å². The molecule has 0 aliphatic carbocycles. The molecule has 1 unspecified atom stereocenters. The van der Waals surface area contributed by atoms with Crippen molar-refractivity contribution in [3.63, 3.8) is 0 Å². The molecule has 0 bridgehead atoms. The largest absolute Gasteiger partial charge is 0.320 e. The van der Waals surface area contributed by atoms with E-state index in [9.17, 15) is 0 Å². The molecule has 3 heteroatoms. The summed E-state index contributed by atoms with van der Waals surface area (Å²) in [6.45, 7) is 10.2. The summed E-state index contributed by atoms with van der Waals surface area (Å²) in [5.74, 6) is 0. The summed E-state index contributed by atoms with van der Waals surface area (Å²) in [6.07, 6.45) is 2.51. The molecule has 2 rings (SSSR count). The smallest absolute Gasteiger partial charge is 0.0513 e. The van der Waals surface area contributed by atoms with E-state index >= 15 is 0 Å². The van der Waals surface area contributed by atoms with Crippen molar-refractivity contribution in [2.24, 2.45) is 0 Å². The van der Waals surface area contributed by atoms with E-state index in [-0.39, 0.29) is 0 Å². The first-order valence-electron chi connectivity index (χ1n) is 7.89. The number of hydrogen-bond donors (Lipinski definition) is 1. The Hall–Kier alpha value is -0.900. The molecule has 0 aromatic heterocycles. The number of benzene rings is 1. The molecule has 1 heterocycles. The highest BCUT2D eigenvalue weighted by Crippen LogP contribution is 2.17. The SMILES string of the molecule is CCC(CCNC)N1CCN(Cc2ccc(C)cc2)C1. The lowest BCUT2D eigenvalue weighted by atomic mass is 10.1. The van der Waals surface area contributed by atoms with E-state index < -0.39 is 0 Å². The first-order valence-corrected chi connectivity index (χ1v) is 7.89. The van der Waals surface area contributed by atoms with Gasteiger partial charge in [-0.3, -0.25) is 9.80 Å². The Kier molecular flexibility index (Phi) is 6.02. The number of aryl methyl sites for hydroxylation is 1. The van der Waals surface area contributed by atoms with Crippen LogP contribution in [0.25, 0.3) is 0 Å². The monoisotopic (exact) mass is 275 g/mol. The van der Waals surface area contributed by atoms with Crippen LogP contribution in [0.3, 0.4) is 0 Å². The van der Waals surface area contributed by atoms with Crippen molar-refractivity contribution in [3.8, 4) is 0 Å². The quantitative estimate of drug-likeness (QED) is 0.824. The predicted molar refractivity (Wildman–Crippen MR) is 85.8 cm³/mol. The summed E-state index contributed by atoms with van der Waals surface area (Å²) in [4.78, 5) is 5.21. The highest BCUT2D eigenvalue weighted by molar-refractivity contribution is 5.21. The molecule has 20 heavy (non-hydrogen) atoms. The van der Waals surface area contributed by atoms with Crippen LogP contribution < -0.4 is 5.32 Å². The van der Waals surface area contributed by atoms with Crippen LogP contribution in [0.15, 0.2) is 24.3 Å². The number of hydrogen-bond acceptors (Lipinski definition) is 3. The lowest BCUT2D eigenvalue weighted by Gasteiger charge is -2.27. The highest BCUT2D eigenvalue weighted by Gasteiger charge is 2.25. The minimum atomic E-state index is 0.727. The molecule has 112 valence electrons. The predicted octanol–water partition coefficient (Wildman–Crippen LogP) is 2.46. The van der Waals surface area contributed by atoms with Gasteiger partial charge in [-0.1, -0.05) is 36.8 Å². The molecule has 1 aliphatic heterocycles. The van der Waals surface area contributed by atoms with Gasteiger partial charge in [0.2, 0.25) is 0 Å². The summed E-state index contributed by atoms with van der Waals surface area (Å²) in [5.41, 5.74) is 2.77. The molecular weight excluding hydrogens is 246 g/mol. The van der Waals surface area contributed by atoms with Crippen molar-refractivity contribution in [2.45, 2.75) is 39.3 Å². The molecular formula is C17H29N3. The summed E-state index contributed by atoms with van der Waals surface area (Å²) in [7, 11) is 2.04. The third-order valence-corrected chi connectivity index (χ3v) is 4.33. The Labute approximate surface area is 124 Å². The normalized spacial score (nSPS) is 18.6. The molecule has 1 N–H and O–H groups in total. The highest BCUT2D eigenvalue weighted by atomic mass is 15.4. The second-order valence-corrected chi connectivity index (χ2v) is 5.95. The first-order chi connectivity index (χ1) is 9.72. The lowest BCUT2D eigenvalue weighted by Crippen LogP contribution is -2.36. The zero-order valence-electron chi connectivity index (χ0n) is 13.2. The number of nitrogens with one attached hydrogen (secondary N) is 1. The Morgan fingerprint density at radius 2 is 1.95 bits per heavy atom. The van der Waals surface area contributed by atoms with E-state index in [1.54, 1.807) is 0 Å². The topological polar surface area (TPSA) is 18.5 Å². The zero-order chi connectivity index (χ0) is 14.4. The summed E-state index contributed by atoms with van der Waals surface area (Å²) < 4.78 is 0. The van der Waals surface area contributed by atoms with Gasteiger partial charge >= 0.3 is 0 Å². The maximum Gasteiger partial charge on any atom is 0.0513 e. The second-order valence-electron chi connectivity index (χ2n) is 5.95. The number of nitrogens with zero attached hydrogens (tertiary/aromatic N) is 2. The number of rotatable bonds is 7. The Balaban J connectivity index is 1.83. The fourth-order valence-electron chi connectivity index (χ4n) is 3.00. The Morgan fingerprint density at radius 3 is 2.60 bits per heavy atom. The van der Waals surface area contributed by atoms with E-state index in [1.165, 1.54) is 37.1 Å². The summed E-state index contributed by atoms with van der Waals surface area (Å²) in [5, 5.41) is 3.27. The molecule has 1 saturated heterocycles. The van der Waals surface area contributed by atoms with Gasteiger partial charge in [-0.15, -0.1) is 0 Å². The minimum absolute atomic E-state index is 0.727. The molecule has 1 aromatic carbocycles. The maximum absolute atomic E-state index is 3.27. The van der Waals surface area contributed by atoms with Crippen LogP contribution in [-0.2, 0) is 6.54 Å². The van der Waals surface area contributed by atoms with Gasteiger partial charge in [0.25, 0.3) is 0 Å². The fraction of sp³-hybridized carbons (Fsp3) is 0.647. The van der Waals surface area contributed by atoms with Gasteiger partial charge < -0.3 is 5.32 Å². The second kappa shape index (κ2) is 7.77. The lowest BCUT2D eigenvalue weighted by molar-refractivity contribution is 0.176. The minimum Gasteiger partial charge on any atom is -0.320 e. The zero-order valence-corrected chi connectivity index (χ0v) is 13.2. The van der Waals surface area contributed by atoms with E-state index in [4.69, 9.17) is 0 Å². The van der Waals surface area contributed by atoms with Crippen LogP contribution in [0, 0.1) is 6.92 Å². The van der Waals surface area contributed by atoms with Gasteiger partial charge in [-0.2, -0.15) is 0 Å². The third-order valence-electron chi connectivity index (χ3n) is 4.33. The first kappa shape index (κ1) is 15.5. The molecule has 1 aliphatic rings. The van der Waals surface area contributed by atoms with E-state index in [0.717, 1.165) is 25.8 Å². The van der Waals surface area contributed by atoms with Crippen molar-refractivity contribution in [1.82, 2.24) is 15.1 Å². The van der Waals surface area contributed by atoms with Crippen LogP contribution in [0.1, 0.15) is 30.9 Å². The summed E-state index contributed by atoms with van der Waals surface area (Å²) >= 11 is 0. The molecule has 0 amide bonds. The van der Waals surface area contributed by atoms with Crippen LogP contribution in [0.2, 0.25) is 0 Å². The third kappa shape index (κ3) is 4.30. The van der Waals surface area contributed by atoms with Crippen molar-refractivity contribution in [1.29, 1.82) is 0 Å². The van der Waals surface area contributed by atoms with Crippen LogP contribution in [-0.4, -0.2) is 49.2 Å². The van der Waals surface area contributed by atoms with Gasteiger partial charge in [0.1, 0.15) is 0 Å². The van der Waals surface area contributed by atoms with Gasteiger partial charge in [0.15, 0.2) is 0 Å². The molecule has 1 fully saturated rings. The Morgan fingerprint density at radius 1 is 1.20 bits per heavy atom. The van der Waals surface area contributed by atoms with Crippen molar-refractivity contribution in [2.75, 3.05) is 33.4 Å². The average Bonchev–Trinajstić information content (AvgIpc) is 2.91. The molecule has 0 radical (unpaired) electrons. The molecule has 1 atom stereocenters. The van der Waals surface area contributed by atoms with E-state index in [2.05, 4.69) is 53.2 Å². The summed E-state index contributed by atoms with van der Waals surface area (Å²) in [6, 6.07) is 9.67. The molecule has 0 spiro atoms. The van der Waals surface area contributed by atoms with Gasteiger partial charge in [-0.05, 0) is 38.9 Å². The van der Waals surface area contributed by atoms with Crippen LogP contribution >= 0.6 is 0 Å². The van der Waals surface area contributed by atoms with E-state index in [1.807, 2.05) is 7.05 Å². The molecule has 3 nitrogen and oxygen atoms in total. The molecule has 1 aromatic rings. The molecule has 0 saturated carbocycles. The van der Waals surface area contributed by atoms with Crippen molar-refractivity contribution >= 4 is 0 Å². The van der Waals surface area contributed by atoms with Gasteiger partial charge in [0, 0.05) is 25.7 Å². The van der Waals surface area contributed by atoms with E-state index in [0.29, 0.717) is 0 Å². The van der Waals surface area contributed by atoms with Gasteiger partial charge in [0.05, 0.1) is 6.67 Å². The van der Waals surface area contributed by atoms with Gasteiger partial charge in [-0.25, -0.2) is 0 Å². The maximum atomic E-state index is 3.27. The fourth-order valence-corrected chi connectivity index (χ4v) is 3.00. The average molecular weight is 275 g/mol. The van der Waals surface area contributed by atoms with Crippen LogP contribution in [0.4, 0.5) is 0 Å². The van der Waals surface area contributed by atoms with Crippen molar-refractivity contribution in [3.05, 3.63) is 35.4 Å².